The fourth-order valence-corrected chi connectivity index (χ4v) is 2.93. The van der Waals surface area contributed by atoms with Crippen LogP contribution in [0.5, 0.6) is 0 Å². The Morgan fingerprint density at radius 3 is 2.72 bits per heavy atom. The molecule has 1 rings (SSSR count). The third kappa shape index (κ3) is 3.53. The largest absolute Gasteiger partial charge is 0.289 e. The fraction of sp³-hybridized carbons (Fsp3) is 0.200. The summed E-state index contributed by atoms with van der Waals surface area (Å²) in [5.41, 5.74) is -0.480. The molecule has 0 aromatic heterocycles. The number of nitro groups is 1. The van der Waals surface area contributed by atoms with Crippen molar-refractivity contribution in [2.45, 2.75) is 11.3 Å². The van der Waals surface area contributed by atoms with Gasteiger partial charge in [-0.05, 0) is 12.1 Å². The lowest BCUT2D eigenvalue weighted by molar-refractivity contribution is -0.387. The van der Waals surface area contributed by atoms with Crippen LogP contribution in [0.4, 0.5) is 5.69 Å². The first kappa shape index (κ1) is 14.6. The third-order valence-corrected chi connectivity index (χ3v) is 3.95. The highest BCUT2D eigenvalue weighted by Gasteiger charge is 2.25. The van der Waals surface area contributed by atoms with Crippen LogP contribution in [0.3, 0.4) is 0 Å². The van der Waals surface area contributed by atoms with Gasteiger partial charge >= 0.3 is 0 Å². The maximum absolute atomic E-state index is 11.9. The summed E-state index contributed by atoms with van der Waals surface area (Å²) in [4.78, 5) is 9.64. The first-order valence-electron chi connectivity index (χ1n) is 4.75. The Hall–Kier alpha value is -1.43. The minimum absolute atomic E-state index is 0.0303. The van der Waals surface area contributed by atoms with Gasteiger partial charge in [-0.1, -0.05) is 15.9 Å². The molecule has 0 radical (unpaired) electrons. The highest BCUT2D eigenvalue weighted by molar-refractivity contribution is 9.10. The van der Waals surface area contributed by atoms with Crippen LogP contribution in [0.25, 0.3) is 0 Å². The molecule has 0 atom stereocenters. The molecule has 0 saturated carbocycles. The summed E-state index contributed by atoms with van der Waals surface area (Å²) >= 11 is 3.07. The fourth-order valence-electron chi connectivity index (χ4n) is 1.19. The molecule has 96 valence electrons. The monoisotopic (exact) mass is 332 g/mol. The number of terminal acetylenes is 1. The van der Waals surface area contributed by atoms with E-state index in [1.807, 2.05) is 0 Å². The Balaban J connectivity index is 3.19. The zero-order valence-electron chi connectivity index (χ0n) is 9.09. The second kappa shape index (κ2) is 5.95. The van der Waals surface area contributed by atoms with Gasteiger partial charge in [-0.3, -0.25) is 10.1 Å². The van der Waals surface area contributed by atoms with E-state index in [4.69, 9.17) is 6.42 Å². The average molecular weight is 333 g/mol. The van der Waals surface area contributed by atoms with Crippen LogP contribution in [-0.4, -0.2) is 19.9 Å². The molecule has 1 aromatic rings. The van der Waals surface area contributed by atoms with Crippen LogP contribution >= 0.6 is 15.9 Å². The van der Waals surface area contributed by atoms with Gasteiger partial charge in [-0.25, -0.2) is 13.1 Å². The molecule has 0 fully saturated rings. The number of hydrogen-bond acceptors (Lipinski definition) is 4. The molecule has 0 aliphatic rings. The second-order valence-corrected chi connectivity index (χ2v) is 5.87. The van der Waals surface area contributed by atoms with Crippen LogP contribution in [0, 0.1) is 22.5 Å². The van der Waals surface area contributed by atoms with Crippen molar-refractivity contribution < 1.29 is 13.3 Å². The van der Waals surface area contributed by atoms with Crippen LogP contribution in [0.2, 0.25) is 0 Å². The number of halogens is 1. The first-order valence-corrected chi connectivity index (χ1v) is 7.03. The standard InChI is InChI=1S/C10H9BrN2O4S/c1-2-3-6-12-18(16,17)10-7-8(11)4-5-9(10)13(14)15/h1,4-5,7,12H,3,6H2. The molecule has 0 aliphatic heterocycles. The van der Waals surface area contributed by atoms with Crippen molar-refractivity contribution in [3.8, 4) is 12.3 Å². The molecule has 0 heterocycles. The van der Waals surface area contributed by atoms with Gasteiger partial charge in [-0.15, -0.1) is 12.3 Å². The van der Waals surface area contributed by atoms with Crippen molar-refractivity contribution in [2.75, 3.05) is 6.54 Å². The molecule has 8 heteroatoms. The van der Waals surface area contributed by atoms with Crippen molar-refractivity contribution in [1.82, 2.24) is 4.72 Å². The van der Waals surface area contributed by atoms with Crippen LogP contribution in [0.1, 0.15) is 6.42 Å². The van der Waals surface area contributed by atoms with E-state index < -0.39 is 20.6 Å². The first-order chi connectivity index (χ1) is 8.38. The number of hydrogen-bond donors (Lipinski definition) is 1. The van der Waals surface area contributed by atoms with Crippen LogP contribution in [0.15, 0.2) is 27.6 Å². The van der Waals surface area contributed by atoms with E-state index in [1.165, 1.54) is 12.1 Å². The zero-order valence-corrected chi connectivity index (χ0v) is 11.5. The summed E-state index contributed by atoms with van der Waals surface area (Å²) in [7, 11) is -3.95. The Bertz CT molecular complexity index is 607. The number of benzene rings is 1. The molecule has 18 heavy (non-hydrogen) atoms. The lowest BCUT2D eigenvalue weighted by Crippen LogP contribution is -2.25. The highest BCUT2D eigenvalue weighted by Crippen LogP contribution is 2.26. The number of nitrogens with zero attached hydrogens (tertiary/aromatic N) is 1. The van der Waals surface area contributed by atoms with Crippen molar-refractivity contribution >= 4 is 31.6 Å². The summed E-state index contributed by atoms with van der Waals surface area (Å²) in [5, 5.41) is 10.8. The highest BCUT2D eigenvalue weighted by atomic mass is 79.9. The van der Waals surface area contributed by atoms with Crippen molar-refractivity contribution in [1.29, 1.82) is 0 Å². The predicted molar refractivity (Wildman–Crippen MR) is 69.4 cm³/mol. The van der Waals surface area contributed by atoms with E-state index in [1.54, 1.807) is 0 Å². The predicted octanol–water partition coefficient (Wildman–Crippen LogP) is 1.66. The second-order valence-electron chi connectivity index (χ2n) is 3.22. The van der Waals surface area contributed by atoms with E-state index >= 15 is 0 Å². The quantitative estimate of drug-likeness (QED) is 0.384. The summed E-state index contributed by atoms with van der Waals surface area (Å²) in [6.45, 7) is 0.0303. The Morgan fingerprint density at radius 1 is 1.50 bits per heavy atom. The van der Waals surface area contributed by atoms with Crippen molar-refractivity contribution in [3.05, 3.63) is 32.8 Å². The molecule has 0 amide bonds. The summed E-state index contributed by atoms with van der Waals surface area (Å²) in [6.07, 6.45) is 5.21. The van der Waals surface area contributed by atoms with Crippen molar-refractivity contribution in [2.24, 2.45) is 0 Å². The smallest absolute Gasteiger partial charge is 0.258 e. The SMILES string of the molecule is C#CCCNS(=O)(=O)c1cc(Br)ccc1[N+](=O)[O-]. The van der Waals surface area contributed by atoms with Gasteiger partial charge < -0.3 is 0 Å². The maximum Gasteiger partial charge on any atom is 0.289 e. The molecular weight excluding hydrogens is 324 g/mol. The number of rotatable bonds is 5. The molecule has 1 N–H and O–H groups in total. The molecular formula is C10H9BrN2O4S. The van der Waals surface area contributed by atoms with Gasteiger partial charge in [0.15, 0.2) is 4.90 Å². The molecule has 0 saturated heterocycles. The van der Waals surface area contributed by atoms with Gasteiger partial charge in [-0.2, -0.15) is 0 Å². The summed E-state index contributed by atoms with van der Waals surface area (Å²) < 4.78 is 26.4. The minimum Gasteiger partial charge on any atom is -0.258 e. The normalized spacial score (nSPS) is 10.9. The number of nitro benzene ring substituents is 1. The Kier molecular flexibility index (Phi) is 4.84. The van der Waals surface area contributed by atoms with Gasteiger partial charge in [0, 0.05) is 23.5 Å². The van der Waals surface area contributed by atoms with E-state index in [0.29, 0.717) is 4.47 Å². The van der Waals surface area contributed by atoms with Gasteiger partial charge in [0.2, 0.25) is 10.0 Å². The molecule has 0 bridgehead atoms. The third-order valence-electron chi connectivity index (χ3n) is 1.97. The van der Waals surface area contributed by atoms with Crippen molar-refractivity contribution in [3.63, 3.8) is 0 Å². The van der Waals surface area contributed by atoms with E-state index in [2.05, 4.69) is 26.6 Å². The molecule has 0 aliphatic carbocycles. The van der Waals surface area contributed by atoms with Gasteiger partial charge in [0.25, 0.3) is 5.69 Å². The Labute approximate surface area is 113 Å². The lowest BCUT2D eigenvalue weighted by atomic mass is 10.3. The Morgan fingerprint density at radius 2 is 2.17 bits per heavy atom. The van der Waals surface area contributed by atoms with E-state index in [0.717, 1.165) is 6.07 Å². The molecule has 0 unspecified atom stereocenters. The number of sulfonamides is 1. The minimum atomic E-state index is -3.95. The summed E-state index contributed by atoms with van der Waals surface area (Å²) in [6, 6.07) is 3.70. The van der Waals surface area contributed by atoms with E-state index in [-0.39, 0.29) is 17.9 Å². The maximum atomic E-state index is 11.9. The number of nitrogens with one attached hydrogen (secondary N) is 1. The average Bonchev–Trinajstić information content (AvgIpc) is 2.28. The molecule has 6 nitrogen and oxygen atoms in total. The van der Waals surface area contributed by atoms with Crippen LogP contribution < -0.4 is 4.72 Å². The topological polar surface area (TPSA) is 89.3 Å². The van der Waals surface area contributed by atoms with Gasteiger partial charge in [0.1, 0.15) is 0 Å². The van der Waals surface area contributed by atoms with Crippen LogP contribution in [-0.2, 0) is 10.0 Å². The molecule has 0 spiro atoms. The zero-order chi connectivity index (χ0) is 13.8. The summed E-state index contributed by atoms with van der Waals surface area (Å²) in [5.74, 6) is 2.27. The lowest BCUT2D eigenvalue weighted by Gasteiger charge is -2.06. The van der Waals surface area contributed by atoms with E-state index in [9.17, 15) is 18.5 Å². The van der Waals surface area contributed by atoms with Gasteiger partial charge in [0.05, 0.1) is 4.92 Å². The molecule has 1 aromatic carbocycles.